The highest BCUT2D eigenvalue weighted by Gasteiger charge is 2.33. The highest BCUT2D eigenvalue weighted by atomic mass is 16.4. The lowest BCUT2D eigenvalue weighted by Gasteiger charge is -2.14. The number of hydrogen-bond donors (Lipinski definition) is 5. The highest BCUT2D eigenvalue weighted by Crippen LogP contribution is 1.99. The van der Waals surface area contributed by atoms with Gasteiger partial charge in [0.15, 0.2) is 18.0 Å². The molecule has 13 heavy (non-hydrogen) atoms. The summed E-state index contributed by atoms with van der Waals surface area (Å²) >= 11 is 0. The van der Waals surface area contributed by atoms with Crippen LogP contribution in [0.15, 0.2) is 0 Å². The summed E-state index contributed by atoms with van der Waals surface area (Å²) in [7, 11) is 0. The Morgan fingerprint density at radius 3 is 1.85 bits per heavy atom. The van der Waals surface area contributed by atoms with Crippen LogP contribution < -0.4 is 0 Å². The molecular formula is C6H10O7. The molecule has 7 heteroatoms. The van der Waals surface area contributed by atoms with E-state index in [0.717, 1.165) is 0 Å². The topological polar surface area (TPSA) is 135 Å². The summed E-state index contributed by atoms with van der Waals surface area (Å²) in [6, 6.07) is 0. The first-order valence-corrected chi connectivity index (χ1v) is 3.33. The van der Waals surface area contributed by atoms with Crippen LogP contribution in [0.3, 0.4) is 0 Å². The lowest BCUT2D eigenvalue weighted by Crippen LogP contribution is -2.45. The van der Waals surface area contributed by atoms with Gasteiger partial charge in [0.05, 0.1) is 6.61 Å². The van der Waals surface area contributed by atoms with Gasteiger partial charge in [-0.1, -0.05) is 0 Å². The predicted octanol–water partition coefficient (Wildman–Crippen LogP) is -3.28. The van der Waals surface area contributed by atoms with Crippen molar-refractivity contribution in [3.8, 4) is 0 Å². The summed E-state index contributed by atoms with van der Waals surface area (Å²) in [6.45, 7) is -0.942. The first kappa shape index (κ1) is 12.0. The smallest absolute Gasteiger partial charge is 0.335 e. The summed E-state index contributed by atoms with van der Waals surface area (Å²) in [5.74, 6) is -3.12. The number of rotatable bonds is 5. The van der Waals surface area contributed by atoms with Crippen LogP contribution in [0.2, 0.25) is 0 Å². The van der Waals surface area contributed by atoms with Crippen molar-refractivity contribution in [2.45, 2.75) is 18.3 Å². The molecule has 7 nitrogen and oxygen atoms in total. The van der Waals surface area contributed by atoms with Gasteiger partial charge in [-0.25, -0.2) is 4.79 Å². The maximum Gasteiger partial charge on any atom is 0.335 e. The van der Waals surface area contributed by atoms with Crippen LogP contribution in [-0.4, -0.2) is 62.2 Å². The van der Waals surface area contributed by atoms with Crippen LogP contribution in [-0.2, 0) is 9.59 Å². The zero-order valence-corrected chi connectivity index (χ0v) is 6.49. The van der Waals surface area contributed by atoms with E-state index in [4.69, 9.17) is 25.5 Å². The van der Waals surface area contributed by atoms with Crippen molar-refractivity contribution < 1.29 is 35.1 Å². The summed E-state index contributed by atoms with van der Waals surface area (Å²) in [5.41, 5.74) is 0. The van der Waals surface area contributed by atoms with Gasteiger partial charge in [0.1, 0.15) is 6.10 Å². The molecule has 0 aliphatic heterocycles. The van der Waals surface area contributed by atoms with Crippen LogP contribution in [0.25, 0.3) is 0 Å². The molecule has 0 amide bonds. The van der Waals surface area contributed by atoms with Gasteiger partial charge in [0.2, 0.25) is 0 Å². The van der Waals surface area contributed by atoms with Gasteiger partial charge in [-0.05, 0) is 0 Å². The summed E-state index contributed by atoms with van der Waals surface area (Å²) in [6.07, 6.45) is -6.42. The fourth-order valence-corrected chi connectivity index (χ4v) is 0.578. The van der Waals surface area contributed by atoms with Crippen LogP contribution >= 0.6 is 0 Å². The number of carboxylic acids is 1. The molecule has 0 fully saturated rings. The van der Waals surface area contributed by atoms with Crippen LogP contribution in [0.5, 0.6) is 0 Å². The van der Waals surface area contributed by atoms with E-state index in [1.807, 2.05) is 0 Å². The molecule has 5 N–H and O–H groups in total. The standard InChI is InChI=1S/C6H10O7/c7-1-2(8)3(9)4(10)5(11)6(12)13/h2,4-5,7-8,10-11H,1H2,(H,12,13)/t2-,4-,5+/m0/s1. The van der Waals surface area contributed by atoms with E-state index in [2.05, 4.69) is 0 Å². The number of Topliss-reactive ketones (excluding diaryl/α,β-unsaturated/α-hetero) is 1. The Hall–Kier alpha value is -1.02. The Bertz CT molecular complexity index is 201. The van der Waals surface area contributed by atoms with Gasteiger partial charge in [0, 0.05) is 0 Å². The average Bonchev–Trinajstić information content (AvgIpc) is 2.12. The van der Waals surface area contributed by atoms with Gasteiger partial charge >= 0.3 is 5.97 Å². The number of carbonyl (C=O) groups excluding carboxylic acids is 1. The van der Waals surface area contributed by atoms with E-state index in [1.54, 1.807) is 0 Å². The number of aliphatic hydroxyl groups is 4. The molecule has 0 heterocycles. The minimum Gasteiger partial charge on any atom is -0.479 e. The van der Waals surface area contributed by atoms with E-state index in [1.165, 1.54) is 0 Å². The predicted molar refractivity (Wildman–Crippen MR) is 37.7 cm³/mol. The molecule has 0 aromatic rings. The lowest BCUT2D eigenvalue weighted by atomic mass is 10.1. The van der Waals surface area contributed by atoms with Gasteiger partial charge in [-0.15, -0.1) is 0 Å². The Labute approximate surface area is 72.9 Å². The van der Waals surface area contributed by atoms with Crippen molar-refractivity contribution in [1.29, 1.82) is 0 Å². The molecule has 0 aliphatic carbocycles. The molecule has 0 aliphatic rings. The molecule has 3 atom stereocenters. The van der Waals surface area contributed by atoms with Crippen molar-refractivity contribution in [2.24, 2.45) is 0 Å². The Kier molecular flexibility index (Phi) is 4.49. The van der Waals surface area contributed by atoms with E-state index < -0.39 is 36.7 Å². The third kappa shape index (κ3) is 3.07. The fourth-order valence-electron chi connectivity index (χ4n) is 0.578. The zero-order chi connectivity index (χ0) is 10.6. The van der Waals surface area contributed by atoms with Crippen molar-refractivity contribution in [3.05, 3.63) is 0 Å². The van der Waals surface area contributed by atoms with Crippen LogP contribution in [0, 0.1) is 0 Å². The van der Waals surface area contributed by atoms with Gasteiger partial charge < -0.3 is 25.5 Å². The second-order valence-corrected chi connectivity index (χ2v) is 2.33. The number of hydrogen-bond acceptors (Lipinski definition) is 6. The van der Waals surface area contributed by atoms with E-state index in [-0.39, 0.29) is 0 Å². The molecule has 0 saturated heterocycles. The molecular weight excluding hydrogens is 184 g/mol. The van der Waals surface area contributed by atoms with Crippen LogP contribution in [0.1, 0.15) is 0 Å². The van der Waals surface area contributed by atoms with E-state index >= 15 is 0 Å². The third-order valence-electron chi connectivity index (χ3n) is 1.34. The Morgan fingerprint density at radius 1 is 1.08 bits per heavy atom. The molecule has 0 bridgehead atoms. The quantitative estimate of drug-likeness (QED) is 0.309. The lowest BCUT2D eigenvalue weighted by molar-refractivity contribution is -0.160. The Balaban J connectivity index is 4.33. The molecule has 0 saturated carbocycles. The Morgan fingerprint density at radius 2 is 1.54 bits per heavy atom. The second kappa shape index (κ2) is 4.87. The van der Waals surface area contributed by atoms with Gasteiger partial charge in [0.25, 0.3) is 0 Å². The monoisotopic (exact) mass is 194 g/mol. The maximum absolute atomic E-state index is 10.7. The SMILES string of the molecule is O=C(O)[C@H](O)[C@@H](O)C(=O)[C@@H](O)CO. The zero-order valence-electron chi connectivity index (χ0n) is 6.49. The highest BCUT2D eigenvalue weighted by molar-refractivity contribution is 5.92. The summed E-state index contributed by atoms with van der Waals surface area (Å²) in [5, 5.41) is 42.5. The van der Waals surface area contributed by atoms with Gasteiger partial charge in [-0.2, -0.15) is 0 Å². The average molecular weight is 194 g/mol. The molecule has 0 aromatic carbocycles. The molecule has 0 rings (SSSR count). The second-order valence-electron chi connectivity index (χ2n) is 2.33. The summed E-state index contributed by atoms with van der Waals surface area (Å²) in [4.78, 5) is 20.8. The first-order valence-electron chi connectivity index (χ1n) is 3.33. The molecule has 0 unspecified atom stereocenters. The minimum absolute atomic E-state index is 0.942. The number of aliphatic hydroxyl groups excluding tert-OH is 4. The van der Waals surface area contributed by atoms with E-state index in [9.17, 15) is 9.59 Å². The van der Waals surface area contributed by atoms with Crippen molar-refractivity contribution in [3.63, 3.8) is 0 Å². The maximum atomic E-state index is 10.7. The van der Waals surface area contributed by atoms with Crippen molar-refractivity contribution in [1.82, 2.24) is 0 Å². The van der Waals surface area contributed by atoms with Gasteiger partial charge in [-0.3, -0.25) is 4.79 Å². The molecule has 0 spiro atoms. The largest absolute Gasteiger partial charge is 0.479 e. The normalized spacial score (nSPS) is 17.5. The number of aliphatic carboxylic acids is 1. The molecule has 76 valence electrons. The number of ketones is 1. The molecule has 0 aromatic heterocycles. The fraction of sp³-hybridized carbons (Fsp3) is 0.667. The van der Waals surface area contributed by atoms with Crippen molar-refractivity contribution >= 4 is 11.8 Å². The number of carbonyl (C=O) groups is 2. The van der Waals surface area contributed by atoms with E-state index in [0.29, 0.717) is 0 Å². The third-order valence-corrected chi connectivity index (χ3v) is 1.34. The minimum atomic E-state index is -2.30. The van der Waals surface area contributed by atoms with Crippen molar-refractivity contribution in [2.75, 3.05) is 6.61 Å². The first-order chi connectivity index (χ1) is 5.91. The summed E-state index contributed by atoms with van der Waals surface area (Å²) < 4.78 is 0. The number of carboxylic acid groups (broad SMARTS) is 1. The van der Waals surface area contributed by atoms with Crippen LogP contribution in [0.4, 0.5) is 0 Å². The molecule has 0 radical (unpaired) electrons.